The van der Waals surface area contributed by atoms with Crippen LogP contribution in [0.5, 0.6) is 0 Å². The zero-order valence-corrected chi connectivity index (χ0v) is 16.5. The number of allylic oxidation sites excluding steroid dienone is 1. The van der Waals surface area contributed by atoms with Gasteiger partial charge in [0.15, 0.2) is 5.67 Å². The maximum Gasteiger partial charge on any atom is 0.152 e. The summed E-state index contributed by atoms with van der Waals surface area (Å²) in [5.41, 5.74) is 1.14. The molecule has 0 unspecified atom stereocenters. The largest absolute Gasteiger partial charge is 0.341 e. The number of hydrogen-bond donors (Lipinski definition) is 1. The molecule has 0 aliphatic carbocycles. The molecular weight excluding hydrogens is 353 g/mol. The number of pyridine rings is 1. The number of halogens is 1. The van der Waals surface area contributed by atoms with Crippen LogP contribution in [0.1, 0.15) is 19.8 Å². The van der Waals surface area contributed by atoms with Crippen molar-refractivity contribution >= 4 is 16.6 Å². The highest BCUT2D eigenvalue weighted by Crippen LogP contribution is 2.34. The molecule has 1 saturated heterocycles. The molecule has 5 nitrogen and oxygen atoms in total. The fourth-order valence-electron chi connectivity index (χ4n) is 3.80. The normalized spacial score (nSPS) is 17.0. The van der Waals surface area contributed by atoms with Gasteiger partial charge in [0.1, 0.15) is 5.82 Å². The molecule has 2 aromatic heterocycles. The maximum absolute atomic E-state index is 15.3. The Morgan fingerprint density at radius 2 is 2.00 bits per heavy atom. The molecule has 4 rings (SSSR count). The van der Waals surface area contributed by atoms with Gasteiger partial charge in [-0.15, -0.1) is 0 Å². The van der Waals surface area contributed by atoms with E-state index in [0.29, 0.717) is 24.4 Å². The molecule has 0 saturated carbocycles. The van der Waals surface area contributed by atoms with Crippen molar-refractivity contribution in [2.24, 2.45) is 7.05 Å². The van der Waals surface area contributed by atoms with E-state index in [1.807, 2.05) is 36.1 Å². The Morgan fingerprint density at radius 3 is 2.68 bits per heavy atom. The van der Waals surface area contributed by atoms with Crippen LogP contribution in [0.25, 0.3) is 22.0 Å². The molecule has 3 heterocycles. The Bertz CT molecular complexity index is 1000. The Hall–Kier alpha value is -2.73. The maximum atomic E-state index is 15.3. The van der Waals surface area contributed by atoms with E-state index in [1.54, 1.807) is 6.33 Å². The number of alkyl halides is 1. The summed E-state index contributed by atoms with van der Waals surface area (Å²) in [7, 11) is 1.97. The average Bonchev–Trinajstić information content (AvgIpc) is 3.14. The number of rotatable bonds is 5. The summed E-state index contributed by atoms with van der Waals surface area (Å²) in [4.78, 5) is 10.9. The molecule has 0 bridgehead atoms. The zero-order chi connectivity index (χ0) is 19.7. The van der Waals surface area contributed by atoms with E-state index in [1.165, 1.54) is 0 Å². The number of anilines is 1. The van der Waals surface area contributed by atoms with Gasteiger partial charge in [0, 0.05) is 43.0 Å². The number of fused-ring (bicyclic) bond motifs is 1. The first-order valence-electron chi connectivity index (χ1n) is 9.73. The number of imidazole rings is 1. The van der Waals surface area contributed by atoms with Gasteiger partial charge in [-0.05, 0) is 36.9 Å². The molecular formula is C22H26FN5. The molecule has 1 aromatic carbocycles. The summed E-state index contributed by atoms with van der Waals surface area (Å²) >= 11 is 0. The third-order valence-corrected chi connectivity index (χ3v) is 5.75. The molecule has 0 amide bonds. The van der Waals surface area contributed by atoms with Crippen LogP contribution in [0, 0.1) is 0 Å². The van der Waals surface area contributed by atoms with E-state index < -0.39 is 5.67 Å². The first-order chi connectivity index (χ1) is 13.5. The van der Waals surface area contributed by atoms with E-state index in [0.717, 1.165) is 41.7 Å². The number of aromatic nitrogens is 3. The number of nitrogens with one attached hydrogen (secondary N) is 1. The molecule has 6 heteroatoms. The fraction of sp³-hybridized carbons (Fsp3) is 0.364. The zero-order valence-electron chi connectivity index (χ0n) is 16.5. The van der Waals surface area contributed by atoms with Crippen molar-refractivity contribution in [3.05, 3.63) is 55.3 Å². The Labute approximate surface area is 164 Å². The number of piperidine rings is 1. The predicted octanol–water partition coefficient (Wildman–Crippen LogP) is 4.38. The second-order valence-corrected chi connectivity index (χ2v) is 7.52. The first-order valence-corrected chi connectivity index (χ1v) is 9.73. The fourth-order valence-corrected chi connectivity index (χ4v) is 3.80. The van der Waals surface area contributed by atoms with E-state index in [-0.39, 0.29) is 0 Å². The molecule has 1 aliphatic rings. The molecule has 1 N–H and O–H groups in total. The van der Waals surface area contributed by atoms with Gasteiger partial charge < -0.3 is 14.8 Å². The van der Waals surface area contributed by atoms with Crippen LogP contribution < -0.4 is 5.32 Å². The van der Waals surface area contributed by atoms with Crippen LogP contribution in [0.3, 0.4) is 0 Å². The number of aryl methyl sites for hydroxylation is 1. The van der Waals surface area contributed by atoms with Gasteiger partial charge in [-0.2, -0.15) is 0 Å². The molecule has 28 heavy (non-hydrogen) atoms. The summed E-state index contributed by atoms with van der Waals surface area (Å²) in [5.74, 6) is 0.620. The highest BCUT2D eigenvalue weighted by atomic mass is 19.1. The van der Waals surface area contributed by atoms with Crippen molar-refractivity contribution < 1.29 is 4.39 Å². The van der Waals surface area contributed by atoms with Gasteiger partial charge >= 0.3 is 0 Å². The van der Waals surface area contributed by atoms with Crippen molar-refractivity contribution in [3.63, 3.8) is 0 Å². The standard InChI is InChI=1S/C22H26FN5/c1-4-28-9-7-22(23,8-10-28)16(2)26-21-12-19-11-17(5-6-18(19)13-25-21)20-14-24-15-27(20)3/h5-6,11-15H,2,4,7-10H2,1,3H3,(H,25,26). The Kier molecular flexibility index (Phi) is 4.89. The topological polar surface area (TPSA) is 46.0 Å². The van der Waals surface area contributed by atoms with Gasteiger partial charge in [-0.25, -0.2) is 14.4 Å². The van der Waals surface area contributed by atoms with Crippen molar-refractivity contribution in [2.75, 3.05) is 25.0 Å². The van der Waals surface area contributed by atoms with Crippen LogP contribution in [0.2, 0.25) is 0 Å². The van der Waals surface area contributed by atoms with Gasteiger partial charge in [0.05, 0.1) is 18.2 Å². The average molecular weight is 379 g/mol. The lowest BCUT2D eigenvalue weighted by molar-refractivity contribution is 0.0922. The monoisotopic (exact) mass is 379 g/mol. The molecule has 0 spiro atoms. The van der Waals surface area contributed by atoms with E-state index in [2.05, 4.69) is 45.8 Å². The van der Waals surface area contributed by atoms with Crippen LogP contribution >= 0.6 is 0 Å². The van der Waals surface area contributed by atoms with Crippen LogP contribution in [-0.4, -0.2) is 44.7 Å². The summed E-state index contributed by atoms with van der Waals surface area (Å²) in [6, 6.07) is 8.16. The summed E-state index contributed by atoms with van der Waals surface area (Å²) in [6.45, 7) is 8.57. The molecule has 3 aromatic rings. The summed E-state index contributed by atoms with van der Waals surface area (Å²) in [5, 5.41) is 5.20. The molecule has 0 radical (unpaired) electrons. The molecule has 0 atom stereocenters. The minimum absolute atomic E-state index is 0.401. The van der Waals surface area contributed by atoms with Crippen molar-refractivity contribution in [1.82, 2.24) is 19.4 Å². The molecule has 146 valence electrons. The van der Waals surface area contributed by atoms with E-state index >= 15 is 4.39 Å². The number of benzene rings is 1. The van der Waals surface area contributed by atoms with Crippen LogP contribution in [-0.2, 0) is 7.05 Å². The SMILES string of the molecule is C=C(Nc1cc2cc(-c3cncn3C)ccc2cn1)C1(F)CCN(CC)CC1. The Balaban J connectivity index is 1.56. The lowest BCUT2D eigenvalue weighted by Gasteiger charge is -2.37. The van der Waals surface area contributed by atoms with Crippen LogP contribution in [0.4, 0.5) is 10.2 Å². The molecule has 1 aliphatic heterocycles. The van der Waals surface area contributed by atoms with Gasteiger partial charge in [-0.1, -0.05) is 25.6 Å². The highest BCUT2D eigenvalue weighted by molar-refractivity contribution is 5.88. The minimum atomic E-state index is -1.39. The number of hydrogen-bond acceptors (Lipinski definition) is 4. The van der Waals surface area contributed by atoms with Crippen LogP contribution in [0.15, 0.2) is 55.3 Å². The minimum Gasteiger partial charge on any atom is -0.341 e. The summed E-state index contributed by atoms with van der Waals surface area (Å²) < 4.78 is 17.3. The first kappa shape index (κ1) is 18.6. The van der Waals surface area contributed by atoms with Gasteiger partial charge in [0.25, 0.3) is 0 Å². The van der Waals surface area contributed by atoms with Crippen molar-refractivity contribution in [1.29, 1.82) is 0 Å². The Morgan fingerprint density at radius 1 is 1.21 bits per heavy atom. The second kappa shape index (κ2) is 7.36. The quantitative estimate of drug-likeness (QED) is 0.714. The highest BCUT2D eigenvalue weighted by Gasteiger charge is 2.37. The summed E-state index contributed by atoms with van der Waals surface area (Å²) in [6.07, 6.45) is 6.37. The predicted molar refractivity (Wildman–Crippen MR) is 112 cm³/mol. The number of likely N-dealkylation sites (tertiary alicyclic amines) is 1. The van der Waals surface area contributed by atoms with E-state index in [4.69, 9.17) is 0 Å². The smallest absolute Gasteiger partial charge is 0.152 e. The number of nitrogens with zero attached hydrogens (tertiary/aromatic N) is 4. The third-order valence-electron chi connectivity index (χ3n) is 5.75. The third kappa shape index (κ3) is 3.52. The molecule has 1 fully saturated rings. The van der Waals surface area contributed by atoms with Gasteiger partial charge in [-0.3, -0.25) is 0 Å². The van der Waals surface area contributed by atoms with Crippen molar-refractivity contribution in [2.45, 2.75) is 25.4 Å². The van der Waals surface area contributed by atoms with Crippen molar-refractivity contribution in [3.8, 4) is 11.3 Å². The lowest BCUT2D eigenvalue weighted by atomic mass is 9.90. The van der Waals surface area contributed by atoms with E-state index in [9.17, 15) is 0 Å². The second-order valence-electron chi connectivity index (χ2n) is 7.52. The van der Waals surface area contributed by atoms with Gasteiger partial charge in [0.2, 0.25) is 0 Å². The lowest BCUT2D eigenvalue weighted by Crippen LogP contribution is -2.43.